The first-order valence-corrected chi connectivity index (χ1v) is 12.4. The lowest BCUT2D eigenvalue weighted by Crippen LogP contribution is -2.32. The molecule has 37 heavy (non-hydrogen) atoms. The molecule has 3 rings (SSSR count). The highest BCUT2D eigenvalue weighted by molar-refractivity contribution is 9.10. The highest BCUT2D eigenvalue weighted by Crippen LogP contribution is 2.18. The van der Waals surface area contributed by atoms with E-state index >= 15 is 0 Å². The summed E-state index contributed by atoms with van der Waals surface area (Å²) < 4.78 is 12.1. The van der Waals surface area contributed by atoms with Crippen molar-refractivity contribution in [2.24, 2.45) is 5.10 Å². The van der Waals surface area contributed by atoms with Crippen molar-refractivity contribution in [2.45, 2.75) is 19.8 Å². The Hall–Kier alpha value is -4.18. The third kappa shape index (κ3) is 9.42. The van der Waals surface area contributed by atoms with Crippen LogP contribution in [-0.4, -0.2) is 37.1 Å². The summed E-state index contributed by atoms with van der Waals surface area (Å²) in [5.74, 6) is -1.07. The van der Waals surface area contributed by atoms with Crippen molar-refractivity contribution >= 4 is 51.2 Å². The number of unbranched alkanes of at least 4 members (excludes halogenated alkanes) is 1. The molecule has 0 aliphatic rings. The first-order valence-electron chi connectivity index (χ1n) is 11.6. The van der Waals surface area contributed by atoms with E-state index in [1.165, 1.54) is 6.21 Å². The summed E-state index contributed by atoms with van der Waals surface area (Å²) in [5.41, 5.74) is 3.79. The summed E-state index contributed by atoms with van der Waals surface area (Å²) >= 11 is 3.34. The van der Waals surface area contributed by atoms with Crippen molar-refractivity contribution in [3.8, 4) is 11.5 Å². The van der Waals surface area contributed by atoms with Gasteiger partial charge in [-0.2, -0.15) is 5.10 Å². The zero-order valence-electron chi connectivity index (χ0n) is 20.2. The maximum Gasteiger partial charge on any atom is 0.329 e. The SMILES string of the molecule is CCCCOc1ccc(NC(=O)C(=O)N/N=C\c2ccccc2OCC(=O)Nc2ccc(Br)cc2)cc1. The van der Waals surface area contributed by atoms with Gasteiger partial charge in [0, 0.05) is 21.4 Å². The van der Waals surface area contributed by atoms with Gasteiger partial charge in [0.25, 0.3) is 5.91 Å². The van der Waals surface area contributed by atoms with Crippen molar-refractivity contribution in [3.63, 3.8) is 0 Å². The number of benzene rings is 3. The van der Waals surface area contributed by atoms with E-state index in [0.29, 0.717) is 35.0 Å². The maximum atomic E-state index is 12.2. The van der Waals surface area contributed by atoms with Crippen LogP contribution in [0.15, 0.2) is 82.4 Å². The number of halogens is 1. The number of para-hydroxylation sites is 1. The summed E-state index contributed by atoms with van der Waals surface area (Å²) in [6.45, 7) is 2.48. The number of hydrazone groups is 1. The van der Waals surface area contributed by atoms with Crippen LogP contribution < -0.4 is 25.5 Å². The van der Waals surface area contributed by atoms with Gasteiger partial charge >= 0.3 is 11.8 Å². The van der Waals surface area contributed by atoms with E-state index in [2.05, 4.69) is 44.0 Å². The maximum absolute atomic E-state index is 12.2. The first-order chi connectivity index (χ1) is 17.9. The van der Waals surface area contributed by atoms with Crippen molar-refractivity contribution in [1.82, 2.24) is 5.43 Å². The molecule has 192 valence electrons. The van der Waals surface area contributed by atoms with Crippen LogP contribution >= 0.6 is 15.9 Å². The summed E-state index contributed by atoms with van der Waals surface area (Å²) in [6.07, 6.45) is 3.32. The Labute approximate surface area is 223 Å². The van der Waals surface area contributed by atoms with Crippen LogP contribution in [0.3, 0.4) is 0 Å². The van der Waals surface area contributed by atoms with Crippen molar-refractivity contribution in [1.29, 1.82) is 0 Å². The lowest BCUT2D eigenvalue weighted by molar-refractivity contribution is -0.136. The molecule has 9 nitrogen and oxygen atoms in total. The molecule has 0 saturated carbocycles. The van der Waals surface area contributed by atoms with E-state index in [0.717, 1.165) is 17.3 Å². The lowest BCUT2D eigenvalue weighted by Gasteiger charge is -2.10. The van der Waals surface area contributed by atoms with Crippen LogP contribution in [0, 0.1) is 0 Å². The van der Waals surface area contributed by atoms with E-state index in [4.69, 9.17) is 9.47 Å². The van der Waals surface area contributed by atoms with Gasteiger partial charge in [0.15, 0.2) is 6.61 Å². The minimum absolute atomic E-state index is 0.224. The predicted molar refractivity (Wildman–Crippen MR) is 146 cm³/mol. The predicted octanol–water partition coefficient (Wildman–Crippen LogP) is 4.73. The quantitative estimate of drug-likeness (QED) is 0.134. The second-order valence-corrected chi connectivity index (χ2v) is 8.68. The van der Waals surface area contributed by atoms with Crippen LogP contribution in [0.4, 0.5) is 11.4 Å². The number of hydrogen-bond acceptors (Lipinski definition) is 6. The molecule has 0 bridgehead atoms. The van der Waals surface area contributed by atoms with Crippen molar-refractivity contribution in [3.05, 3.63) is 82.8 Å². The van der Waals surface area contributed by atoms with E-state index in [1.807, 2.05) is 12.1 Å². The fourth-order valence-corrected chi connectivity index (χ4v) is 3.22. The summed E-state index contributed by atoms with van der Waals surface area (Å²) in [7, 11) is 0. The number of rotatable bonds is 11. The van der Waals surface area contributed by atoms with E-state index in [9.17, 15) is 14.4 Å². The second kappa shape index (κ2) is 14.4. The van der Waals surface area contributed by atoms with Gasteiger partial charge in [-0.3, -0.25) is 14.4 Å². The van der Waals surface area contributed by atoms with Gasteiger partial charge in [-0.25, -0.2) is 5.43 Å². The van der Waals surface area contributed by atoms with E-state index in [1.54, 1.807) is 60.7 Å². The molecule has 0 atom stereocenters. The first kappa shape index (κ1) is 27.4. The van der Waals surface area contributed by atoms with Crippen LogP contribution in [0.5, 0.6) is 11.5 Å². The van der Waals surface area contributed by atoms with Gasteiger partial charge < -0.3 is 20.1 Å². The molecule has 10 heteroatoms. The Balaban J connectivity index is 1.47. The molecule has 0 spiro atoms. The van der Waals surface area contributed by atoms with Crippen LogP contribution in [0.1, 0.15) is 25.3 Å². The lowest BCUT2D eigenvalue weighted by atomic mass is 10.2. The normalized spacial score (nSPS) is 10.5. The van der Waals surface area contributed by atoms with Crippen LogP contribution in [0.25, 0.3) is 0 Å². The third-order valence-corrected chi connectivity index (χ3v) is 5.39. The highest BCUT2D eigenvalue weighted by atomic mass is 79.9. The number of ether oxygens (including phenoxy) is 2. The monoisotopic (exact) mass is 566 g/mol. The van der Waals surface area contributed by atoms with Crippen molar-refractivity contribution < 1.29 is 23.9 Å². The second-order valence-electron chi connectivity index (χ2n) is 7.76. The highest BCUT2D eigenvalue weighted by Gasteiger charge is 2.13. The topological polar surface area (TPSA) is 118 Å². The molecule has 0 radical (unpaired) electrons. The molecule has 0 fully saturated rings. The number of nitrogens with zero attached hydrogens (tertiary/aromatic N) is 1. The molecular weight excluding hydrogens is 540 g/mol. The van der Waals surface area contributed by atoms with Gasteiger partial charge in [-0.15, -0.1) is 0 Å². The summed E-state index contributed by atoms with van der Waals surface area (Å²) in [5, 5.41) is 9.07. The number of carbonyl (C=O) groups excluding carboxylic acids is 3. The fourth-order valence-electron chi connectivity index (χ4n) is 2.96. The molecule has 0 aliphatic carbocycles. The summed E-state index contributed by atoms with van der Waals surface area (Å²) in [4.78, 5) is 36.5. The standard InChI is InChI=1S/C27H27BrN4O5/c1-2-3-16-36-23-14-12-22(13-15-23)31-26(34)27(35)32-29-17-19-6-4-5-7-24(19)37-18-25(33)30-21-10-8-20(28)9-11-21/h4-15,17H,2-3,16,18H2,1H3,(H,30,33)(H,31,34)(H,32,35)/b29-17-. The molecule has 0 unspecified atom stereocenters. The zero-order valence-corrected chi connectivity index (χ0v) is 21.8. The largest absolute Gasteiger partial charge is 0.494 e. The molecule has 3 aromatic rings. The Morgan fingerprint density at radius 1 is 0.865 bits per heavy atom. The van der Waals surface area contributed by atoms with Crippen molar-refractivity contribution in [2.75, 3.05) is 23.8 Å². The fraction of sp³-hybridized carbons (Fsp3) is 0.185. The Morgan fingerprint density at radius 2 is 1.54 bits per heavy atom. The Bertz CT molecular complexity index is 1230. The van der Waals surface area contributed by atoms with Gasteiger partial charge in [0.2, 0.25) is 0 Å². The molecular formula is C27H27BrN4O5. The number of nitrogens with one attached hydrogen (secondary N) is 3. The molecule has 0 aromatic heterocycles. The molecule has 3 aromatic carbocycles. The Kier molecular flexibility index (Phi) is 10.7. The minimum atomic E-state index is -0.938. The van der Waals surface area contributed by atoms with Gasteiger partial charge in [-0.1, -0.05) is 41.4 Å². The number of hydrogen-bond donors (Lipinski definition) is 3. The number of amides is 3. The molecule has 0 aliphatic heterocycles. The molecule has 0 saturated heterocycles. The molecule has 3 N–H and O–H groups in total. The van der Waals surface area contributed by atoms with Gasteiger partial charge in [0.05, 0.1) is 12.8 Å². The van der Waals surface area contributed by atoms with Crippen LogP contribution in [-0.2, 0) is 14.4 Å². The average Bonchev–Trinajstić information content (AvgIpc) is 2.90. The summed E-state index contributed by atoms with van der Waals surface area (Å²) in [6, 6.07) is 20.8. The van der Waals surface area contributed by atoms with Crippen LogP contribution in [0.2, 0.25) is 0 Å². The Morgan fingerprint density at radius 3 is 2.27 bits per heavy atom. The average molecular weight is 567 g/mol. The number of anilines is 2. The van der Waals surface area contributed by atoms with Gasteiger partial charge in [-0.05, 0) is 67.1 Å². The smallest absolute Gasteiger partial charge is 0.329 e. The van der Waals surface area contributed by atoms with E-state index in [-0.39, 0.29) is 12.5 Å². The van der Waals surface area contributed by atoms with Gasteiger partial charge in [0.1, 0.15) is 11.5 Å². The minimum Gasteiger partial charge on any atom is -0.494 e. The number of carbonyl (C=O) groups is 3. The van der Waals surface area contributed by atoms with E-state index < -0.39 is 11.8 Å². The third-order valence-electron chi connectivity index (χ3n) is 4.86. The molecule has 3 amide bonds. The molecule has 0 heterocycles. The zero-order chi connectivity index (χ0) is 26.5.